The van der Waals surface area contributed by atoms with E-state index >= 15 is 0 Å². The van der Waals surface area contributed by atoms with Crippen molar-refractivity contribution < 1.29 is 0 Å². The van der Waals surface area contributed by atoms with Crippen LogP contribution in [0, 0.1) is 5.92 Å². The highest BCUT2D eigenvalue weighted by Crippen LogP contribution is 2.07. The first-order chi connectivity index (χ1) is 4.16. The summed E-state index contributed by atoms with van der Waals surface area (Å²) in [6.07, 6.45) is 3.28. The average Bonchev–Trinajstić information content (AvgIpc) is 1.63. The van der Waals surface area contributed by atoms with E-state index in [0.717, 1.165) is 19.3 Å². The van der Waals surface area contributed by atoms with Crippen LogP contribution in [-0.2, 0) is 0 Å². The summed E-state index contributed by atoms with van der Waals surface area (Å²) in [4.78, 5) is 0. The molecule has 0 aromatic rings. The van der Waals surface area contributed by atoms with Crippen LogP contribution in [-0.4, -0.2) is 6.04 Å². The van der Waals surface area contributed by atoms with E-state index in [1.165, 1.54) is 0 Å². The van der Waals surface area contributed by atoms with E-state index in [0.29, 0.717) is 5.92 Å². The Kier molecular flexibility index (Phi) is 4.78. The van der Waals surface area contributed by atoms with Gasteiger partial charge < -0.3 is 0 Å². The Morgan fingerprint density at radius 2 is 1.89 bits per heavy atom. The molecule has 0 heterocycles. The molecule has 0 spiro atoms. The summed E-state index contributed by atoms with van der Waals surface area (Å²) in [7, 11) is 0. The van der Waals surface area contributed by atoms with Gasteiger partial charge in [-0.15, -0.1) is 0 Å². The second-order valence-corrected chi connectivity index (χ2v) is 3.12. The summed E-state index contributed by atoms with van der Waals surface area (Å²) in [6, 6.07) is 0.190. The van der Waals surface area contributed by atoms with Crippen LogP contribution in [0.15, 0.2) is 0 Å². The maximum Gasteiger partial charge on any atom is 0.0215 e. The highest BCUT2D eigenvalue weighted by Gasteiger charge is 2.03. The van der Waals surface area contributed by atoms with Crippen LogP contribution >= 0.6 is 0 Å². The smallest absolute Gasteiger partial charge is 0.0215 e. The Labute approximate surface area is 58.6 Å². The molecule has 1 atom stereocenters. The zero-order valence-corrected chi connectivity index (χ0v) is 6.78. The van der Waals surface area contributed by atoms with Crippen molar-refractivity contribution in [3.05, 3.63) is 0 Å². The molecule has 1 unspecified atom stereocenters. The Hall–Kier alpha value is -0.0400. The number of rotatable bonds is 4. The highest BCUT2D eigenvalue weighted by atomic mass is 14.6. The van der Waals surface area contributed by atoms with Crippen molar-refractivity contribution in [1.82, 2.24) is 5.73 Å². The molecular formula is C8H18N. The van der Waals surface area contributed by atoms with Crippen molar-refractivity contribution in [2.75, 3.05) is 0 Å². The number of hydrogen-bond acceptors (Lipinski definition) is 0. The van der Waals surface area contributed by atoms with Gasteiger partial charge in [-0.1, -0.05) is 27.2 Å². The van der Waals surface area contributed by atoms with Crippen molar-refractivity contribution in [3.8, 4) is 0 Å². The fourth-order valence-electron chi connectivity index (χ4n) is 1.04. The van der Waals surface area contributed by atoms with Crippen molar-refractivity contribution in [2.45, 2.75) is 46.1 Å². The molecule has 0 aliphatic carbocycles. The lowest BCUT2D eigenvalue weighted by molar-refractivity contribution is 0.460. The van der Waals surface area contributed by atoms with Gasteiger partial charge in [0.15, 0.2) is 0 Å². The molecule has 0 saturated carbocycles. The van der Waals surface area contributed by atoms with Crippen LogP contribution in [0.2, 0.25) is 0 Å². The van der Waals surface area contributed by atoms with Crippen LogP contribution < -0.4 is 5.73 Å². The Balaban J connectivity index is 3.15. The molecular weight excluding hydrogens is 110 g/mol. The normalized spacial score (nSPS) is 14.3. The molecule has 1 N–H and O–H groups in total. The maximum atomic E-state index is 7.50. The van der Waals surface area contributed by atoms with Crippen molar-refractivity contribution in [3.63, 3.8) is 0 Å². The molecule has 0 bridgehead atoms. The zero-order valence-electron chi connectivity index (χ0n) is 6.78. The number of hydrogen-bond donors (Lipinski definition) is 0. The summed E-state index contributed by atoms with van der Waals surface area (Å²) in [5, 5.41) is 0. The van der Waals surface area contributed by atoms with Gasteiger partial charge in [-0.2, -0.15) is 0 Å². The van der Waals surface area contributed by atoms with E-state index in [1.54, 1.807) is 0 Å². The van der Waals surface area contributed by atoms with E-state index < -0.39 is 0 Å². The van der Waals surface area contributed by atoms with Gasteiger partial charge in [-0.3, -0.25) is 5.73 Å². The van der Waals surface area contributed by atoms with E-state index in [1.807, 2.05) is 0 Å². The maximum absolute atomic E-state index is 7.50. The van der Waals surface area contributed by atoms with Crippen LogP contribution in [0.5, 0.6) is 0 Å². The lowest BCUT2D eigenvalue weighted by Crippen LogP contribution is -2.11. The van der Waals surface area contributed by atoms with Crippen molar-refractivity contribution in [1.29, 1.82) is 0 Å². The SMILES string of the molecule is CCCC([NH])CC(C)C. The van der Waals surface area contributed by atoms with Gasteiger partial charge in [0.1, 0.15) is 0 Å². The largest absolute Gasteiger partial charge is 0.255 e. The minimum Gasteiger partial charge on any atom is -0.255 e. The predicted molar refractivity (Wildman–Crippen MR) is 41.2 cm³/mol. The Morgan fingerprint density at radius 3 is 2.22 bits per heavy atom. The standard InChI is InChI=1S/C8H18N/c1-4-5-8(9)6-7(2)3/h7-9H,4-6H2,1-3H3. The third kappa shape index (κ3) is 5.84. The third-order valence-corrected chi connectivity index (χ3v) is 1.39. The summed E-state index contributed by atoms with van der Waals surface area (Å²) in [6.45, 7) is 6.50. The molecule has 0 aromatic carbocycles. The molecule has 1 heteroatoms. The van der Waals surface area contributed by atoms with E-state index in [-0.39, 0.29) is 6.04 Å². The third-order valence-electron chi connectivity index (χ3n) is 1.39. The summed E-state index contributed by atoms with van der Waals surface area (Å²) in [5.41, 5.74) is 7.50. The van der Waals surface area contributed by atoms with Gasteiger partial charge in [0.2, 0.25) is 0 Å². The molecule has 0 aliphatic rings. The number of nitrogens with one attached hydrogen (secondary N) is 1. The molecule has 55 valence electrons. The van der Waals surface area contributed by atoms with Crippen LogP contribution in [0.1, 0.15) is 40.0 Å². The topological polar surface area (TPSA) is 23.8 Å². The second-order valence-electron chi connectivity index (χ2n) is 3.12. The second kappa shape index (κ2) is 4.80. The summed E-state index contributed by atoms with van der Waals surface area (Å²) >= 11 is 0. The minimum atomic E-state index is 0.190. The van der Waals surface area contributed by atoms with Crippen molar-refractivity contribution >= 4 is 0 Å². The predicted octanol–water partition coefficient (Wildman–Crippen LogP) is 2.48. The molecule has 0 saturated heterocycles. The Bertz CT molecular complexity index is 59.6. The highest BCUT2D eigenvalue weighted by molar-refractivity contribution is 4.60. The van der Waals surface area contributed by atoms with Gasteiger partial charge in [0.05, 0.1) is 0 Å². The molecule has 0 amide bonds. The zero-order chi connectivity index (χ0) is 7.28. The molecule has 9 heavy (non-hydrogen) atoms. The lowest BCUT2D eigenvalue weighted by atomic mass is 10.0. The van der Waals surface area contributed by atoms with Crippen LogP contribution in [0.4, 0.5) is 0 Å². The first kappa shape index (κ1) is 8.96. The first-order valence-electron chi connectivity index (χ1n) is 3.88. The minimum absolute atomic E-state index is 0.190. The molecule has 1 nitrogen and oxygen atoms in total. The Morgan fingerprint density at radius 1 is 1.33 bits per heavy atom. The van der Waals surface area contributed by atoms with Gasteiger partial charge >= 0.3 is 0 Å². The molecule has 0 fully saturated rings. The lowest BCUT2D eigenvalue weighted by Gasteiger charge is -2.10. The fourth-order valence-corrected chi connectivity index (χ4v) is 1.04. The van der Waals surface area contributed by atoms with Crippen LogP contribution in [0.3, 0.4) is 0 Å². The van der Waals surface area contributed by atoms with Gasteiger partial charge in [0.25, 0.3) is 0 Å². The van der Waals surface area contributed by atoms with E-state index in [2.05, 4.69) is 20.8 Å². The summed E-state index contributed by atoms with van der Waals surface area (Å²) in [5.74, 6) is 0.694. The monoisotopic (exact) mass is 128 g/mol. The van der Waals surface area contributed by atoms with E-state index in [4.69, 9.17) is 5.73 Å². The van der Waals surface area contributed by atoms with Crippen LogP contribution in [0.25, 0.3) is 0 Å². The quantitative estimate of drug-likeness (QED) is 0.555. The van der Waals surface area contributed by atoms with Gasteiger partial charge in [-0.25, -0.2) is 0 Å². The molecule has 1 radical (unpaired) electrons. The fraction of sp³-hybridized carbons (Fsp3) is 1.00. The first-order valence-corrected chi connectivity index (χ1v) is 3.88. The van der Waals surface area contributed by atoms with Crippen molar-refractivity contribution in [2.24, 2.45) is 5.92 Å². The van der Waals surface area contributed by atoms with Gasteiger partial charge in [-0.05, 0) is 18.8 Å². The summed E-state index contributed by atoms with van der Waals surface area (Å²) < 4.78 is 0. The molecule has 0 rings (SSSR count). The van der Waals surface area contributed by atoms with Gasteiger partial charge in [0, 0.05) is 6.04 Å². The van der Waals surface area contributed by atoms with E-state index in [9.17, 15) is 0 Å². The average molecular weight is 128 g/mol. The molecule has 0 aliphatic heterocycles. The molecule has 0 aromatic heterocycles.